The van der Waals surface area contributed by atoms with Gasteiger partial charge in [-0.3, -0.25) is 9.59 Å². The molecule has 0 unspecified atom stereocenters. The molecule has 5 nitrogen and oxygen atoms in total. The number of carbonyl (C=O) groups excluding carboxylic acids is 2. The quantitative estimate of drug-likeness (QED) is 0.643. The van der Waals surface area contributed by atoms with Gasteiger partial charge in [-0.25, -0.2) is 0 Å². The second-order valence-electron chi connectivity index (χ2n) is 9.59. The van der Waals surface area contributed by atoms with Crippen LogP contribution in [0.4, 0.5) is 5.69 Å². The summed E-state index contributed by atoms with van der Waals surface area (Å²) >= 11 is 6.02. The topological polar surface area (TPSA) is 52.7 Å². The van der Waals surface area contributed by atoms with E-state index in [1.165, 1.54) is 18.4 Å². The standard InChI is InChI=1S/C27H34ClN3O2/c1-19(2)25(29-26(32)22-6-5-7-24(18-22)30-14-3-4-15-30)27(33)31-16-12-21(13-17-31)20-8-10-23(28)11-9-20/h5-11,18-19,21,25H,3-4,12-17H2,1-2H3,(H,29,32)/t25-/m1/s1. The van der Waals surface area contributed by atoms with Crippen molar-refractivity contribution in [3.63, 3.8) is 0 Å². The zero-order valence-corrected chi connectivity index (χ0v) is 20.4. The molecule has 1 atom stereocenters. The molecule has 176 valence electrons. The van der Waals surface area contributed by atoms with E-state index in [2.05, 4.69) is 28.4 Å². The molecule has 0 aromatic heterocycles. The molecule has 2 aromatic rings. The van der Waals surface area contributed by atoms with Gasteiger partial charge in [-0.15, -0.1) is 0 Å². The number of hydrogen-bond donors (Lipinski definition) is 1. The first kappa shape index (κ1) is 23.6. The van der Waals surface area contributed by atoms with E-state index in [0.29, 0.717) is 24.6 Å². The van der Waals surface area contributed by atoms with E-state index in [0.717, 1.165) is 36.6 Å². The zero-order chi connectivity index (χ0) is 23.4. The third-order valence-corrected chi connectivity index (χ3v) is 7.20. The number of carbonyl (C=O) groups is 2. The highest BCUT2D eigenvalue weighted by Crippen LogP contribution is 2.29. The van der Waals surface area contributed by atoms with Crippen LogP contribution in [-0.2, 0) is 4.79 Å². The fourth-order valence-corrected chi connectivity index (χ4v) is 5.05. The number of nitrogens with one attached hydrogen (secondary N) is 1. The Kier molecular flexibility index (Phi) is 7.59. The van der Waals surface area contributed by atoms with Gasteiger partial charge in [-0.1, -0.05) is 43.6 Å². The smallest absolute Gasteiger partial charge is 0.252 e. The molecule has 2 amide bonds. The van der Waals surface area contributed by atoms with Crippen molar-refractivity contribution in [2.75, 3.05) is 31.1 Å². The number of hydrogen-bond acceptors (Lipinski definition) is 3. The van der Waals surface area contributed by atoms with Gasteiger partial charge >= 0.3 is 0 Å². The first-order valence-electron chi connectivity index (χ1n) is 12.1. The van der Waals surface area contributed by atoms with E-state index in [4.69, 9.17) is 11.6 Å². The Morgan fingerprint density at radius 1 is 0.970 bits per heavy atom. The summed E-state index contributed by atoms with van der Waals surface area (Å²) in [5.74, 6) is 0.284. The summed E-state index contributed by atoms with van der Waals surface area (Å²) in [6, 6.07) is 15.2. The molecule has 0 radical (unpaired) electrons. The van der Waals surface area contributed by atoms with Crippen molar-refractivity contribution >= 4 is 29.1 Å². The molecule has 2 aromatic carbocycles. The minimum Gasteiger partial charge on any atom is -0.372 e. The van der Waals surface area contributed by atoms with Crippen molar-refractivity contribution in [1.82, 2.24) is 10.2 Å². The maximum atomic E-state index is 13.4. The van der Waals surface area contributed by atoms with Crippen LogP contribution in [0, 0.1) is 5.92 Å². The van der Waals surface area contributed by atoms with Gasteiger partial charge in [0.25, 0.3) is 5.91 Å². The Bertz CT molecular complexity index is 962. The Balaban J connectivity index is 1.38. The Morgan fingerprint density at radius 3 is 2.27 bits per heavy atom. The summed E-state index contributed by atoms with van der Waals surface area (Å²) in [5.41, 5.74) is 2.97. The summed E-state index contributed by atoms with van der Waals surface area (Å²) in [6.07, 6.45) is 4.22. The van der Waals surface area contributed by atoms with Gasteiger partial charge in [0.15, 0.2) is 0 Å². The number of rotatable bonds is 6. The predicted molar refractivity (Wildman–Crippen MR) is 134 cm³/mol. The SMILES string of the molecule is CC(C)[C@@H](NC(=O)c1cccc(N2CCCC2)c1)C(=O)N1CCC(c2ccc(Cl)cc2)CC1. The fourth-order valence-electron chi connectivity index (χ4n) is 4.92. The third kappa shape index (κ3) is 5.70. The van der Waals surface area contributed by atoms with Crippen LogP contribution in [0.5, 0.6) is 0 Å². The van der Waals surface area contributed by atoms with E-state index in [-0.39, 0.29) is 17.7 Å². The summed E-state index contributed by atoms with van der Waals surface area (Å²) in [5, 5.41) is 3.78. The lowest BCUT2D eigenvalue weighted by Gasteiger charge is -2.35. The lowest BCUT2D eigenvalue weighted by molar-refractivity contribution is -0.135. The highest BCUT2D eigenvalue weighted by Gasteiger charge is 2.32. The minimum absolute atomic E-state index is 0.0113. The molecule has 6 heteroatoms. The average molecular weight is 468 g/mol. The van der Waals surface area contributed by atoms with E-state index >= 15 is 0 Å². The number of halogens is 1. The number of likely N-dealkylation sites (tertiary alicyclic amines) is 1. The van der Waals surface area contributed by atoms with Gasteiger partial charge in [-0.2, -0.15) is 0 Å². The van der Waals surface area contributed by atoms with Gasteiger partial charge in [-0.05, 0) is 73.4 Å². The van der Waals surface area contributed by atoms with Crippen LogP contribution >= 0.6 is 11.6 Å². The largest absolute Gasteiger partial charge is 0.372 e. The van der Waals surface area contributed by atoms with Crippen molar-refractivity contribution < 1.29 is 9.59 Å². The molecule has 0 saturated carbocycles. The molecule has 1 N–H and O–H groups in total. The van der Waals surface area contributed by atoms with Gasteiger partial charge in [0.05, 0.1) is 0 Å². The molecule has 0 spiro atoms. The van der Waals surface area contributed by atoms with Crippen LogP contribution in [0.3, 0.4) is 0 Å². The van der Waals surface area contributed by atoms with Crippen molar-refractivity contribution in [1.29, 1.82) is 0 Å². The van der Waals surface area contributed by atoms with E-state index in [1.807, 2.05) is 49.1 Å². The molecule has 33 heavy (non-hydrogen) atoms. The monoisotopic (exact) mass is 467 g/mol. The fraction of sp³-hybridized carbons (Fsp3) is 0.481. The van der Waals surface area contributed by atoms with Crippen LogP contribution in [-0.4, -0.2) is 48.9 Å². The maximum Gasteiger partial charge on any atom is 0.252 e. The Morgan fingerprint density at radius 2 is 1.64 bits per heavy atom. The van der Waals surface area contributed by atoms with Gasteiger partial charge < -0.3 is 15.1 Å². The molecule has 4 rings (SSSR count). The van der Waals surface area contributed by atoms with E-state index in [9.17, 15) is 9.59 Å². The number of amides is 2. The number of anilines is 1. The van der Waals surface area contributed by atoms with Crippen molar-refractivity contribution in [3.8, 4) is 0 Å². The predicted octanol–water partition coefficient (Wildman–Crippen LogP) is 5.10. The number of benzene rings is 2. The second kappa shape index (κ2) is 10.6. The average Bonchev–Trinajstić information content (AvgIpc) is 3.38. The zero-order valence-electron chi connectivity index (χ0n) is 19.6. The van der Waals surface area contributed by atoms with E-state index in [1.54, 1.807) is 0 Å². The third-order valence-electron chi connectivity index (χ3n) is 6.95. The van der Waals surface area contributed by atoms with Crippen LogP contribution in [0.25, 0.3) is 0 Å². The van der Waals surface area contributed by atoms with Crippen molar-refractivity contribution in [3.05, 3.63) is 64.7 Å². The summed E-state index contributed by atoms with van der Waals surface area (Å²) in [4.78, 5) is 30.7. The van der Waals surface area contributed by atoms with Crippen molar-refractivity contribution in [2.45, 2.75) is 51.5 Å². The molecule has 2 aliphatic rings. The molecular formula is C27H34ClN3O2. The van der Waals surface area contributed by atoms with Gasteiger partial charge in [0.2, 0.25) is 5.91 Å². The van der Waals surface area contributed by atoms with E-state index < -0.39 is 6.04 Å². The Labute approximate surface area is 202 Å². The number of nitrogens with zero attached hydrogens (tertiary/aromatic N) is 2. The highest BCUT2D eigenvalue weighted by atomic mass is 35.5. The minimum atomic E-state index is -0.528. The molecule has 2 heterocycles. The van der Waals surface area contributed by atoms with Crippen LogP contribution in [0.2, 0.25) is 5.02 Å². The highest BCUT2D eigenvalue weighted by molar-refractivity contribution is 6.30. The van der Waals surface area contributed by atoms with Crippen LogP contribution in [0.15, 0.2) is 48.5 Å². The summed E-state index contributed by atoms with van der Waals surface area (Å²) in [6.45, 7) is 7.45. The molecule has 0 bridgehead atoms. The lowest BCUT2D eigenvalue weighted by Crippen LogP contribution is -2.52. The van der Waals surface area contributed by atoms with Crippen LogP contribution in [0.1, 0.15) is 61.4 Å². The molecule has 2 saturated heterocycles. The molecule has 2 fully saturated rings. The maximum absolute atomic E-state index is 13.4. The Hall–Kier alpha value is -2.53. The molecular weight excluding hydrogens is 434 g/mol. The van der Waals surface area contributed by atoms with Crippen LogP contribution < -0.4 is 10.2 Å². The molecule has 0 aliphatic carbocycles. The lowest BCUT2D eigenvalue weighted by atomic mass is 9.89. The summed E-state index contributed by atoms with van der Waals surface area (Å²) < 4.78 is 0. The normalized spacial score (nSPS) is 17.9. The van der Waals surface area contributed by atoms with Crippen molar-refractivity contribution in [2.24, 2.45) is 5.92 Å². The number of piperidine rings is 1. The second-order valence-corrected chi connectivity index (χ2v) is 10.0. The summed E-state index contributed by atoms with van der Waals surface area (Å²) in [7, 11) is 0. The van der Waals surface area contributed by atoms with Gasteiger partial charge in [0, 0.05) is 42.5 Å². The first-order valence-corrected chi connectivity index (χ1v) is 12.5. The van der Waals surface area contributed by atoms with Gasteiger partial charge in [0.1, 0.15) is 6.04 Å². The first-order chi connectivity index (χ1) is 15.9. The molecule has 2 aliphatic heterocycles.